The van der Waals surface area contributed by atoms with Crippen LogP contribution in [0.4, 0.5) is 5.69 Å². The van der Waals surface area contributed by atoms with Crippen LogP contribution in [0.2, 0.25) is 0 Å². The van der Waals surface area contributed by atoms with Crippen LogP contribution in [0, 0.1) is 0 Å². The van der Waals surface area contributed by atoms with Crippen molar-refractivity contribution in [2.24, 2.45) is 0 Å². The number of rotatable bonds is 20. The second-order valence-corrected chi connectivity index (χ2v) is 14.8. The van der Waals surface area contributed by atoms with E-state index in [1.165, 1.54) is 19.2 Å². The summed E-state index contributed by atoms with van der Waals surface area (Å²) in [5, 5.41) is 0. The molecule has 0 atom stereocenters. The maximum absolute atomic E-state index is 14.5. The highest BCUT2D eigenvalue weighted by atomic mass is 32.2. The van der Waals surface area contributed by atoms with Crippen molar-refractivity contribution in [2.75, 3.05) is 50.5 Å². The Kier molecular flexibility index (Phi) is 13.7. The quantitative estimate of drug-likeness (QED) is 0.0593. The summed E-state index contributed by atoms with van der Waals surface area (Å²) in [7, 11) is -1.10. The Morgan fingerprint density at radius 2 is 1.43 bits per heavy atom. The standard InChI is InChI=1S/C42H49N3O7S/c1-5-7-24-43(25-8-6-2)27-28-53(48,49)45(30-38(46)52-31-32-17-11-9-12-18-32)35-23-22-34(29-37(35)50-3)41(47)40-39(33-19-13-10-14-20-33)42(51-4)36-21-15-16-26-44(36)40/h9-23,26,29H,5-8,24-25,27-28,30-31H2,1-4H3. The van der Waals surface area contributed by atoms with Gasteiger partial charge in [-0.2, -0.15) is 0 Å². The lowest BCUT2D eigenvalue weighted by molar-refractivity contribution is -0.143. The van der Waals surface area contributed by atoms with E-state index in [9.17, 15) is 18.0 Å². The molecule has 0 aliphatic carbocycles. The molecule has 0 bridgehead atoms. The van der Waals surface area contributed by atoms with Crippen molar-refractivity contribution in [3.05, 3.63) is 120 Å². The van der Waals surface area contributed by atoms with Crippen molar-refractivity contribution >= 4 is 33.0 Å². The molecule has 5 rings (SSSR count). The fraction of sp³-hybridized carbons (Fsp3) is 0.333. The molecule has 53 heavy (non-hydrogen) atoms. The Balaban J connectivity index is 1.52. The van der Waals surface area contributed by atoms with Crippen LogP contribution in [-0.2, 0) is 26.2 Å². The number of ketones is 1. The molecule has 0 saturated carbocycles. The van der Waals surface area contributed by atoms with Crippen LogP contribution >= 0.6 is 0 Å². The normalized spacial score (nSPS) is 11.5. The van der Waals surface area contributed by atoms with Gasteiger partial charge in [-0.3, -0.25) is 13.9 Å². The number of carbonyl (C=O) groups excluding carboxylic acids is 2. The van der Waals surface area contributed by atoms with Gasteiger partial charge in [0, 0.05) is 18.3 Å². The van der Waals surface area contributed by atoms with Gasteiger partial charge >= 0.3 is 5.97 Å². The molecule has 0 spiro atoms. The van der Waals surface area contributed by atoms with Gasteiger partial charge in [-0.25, -0.2) is 8.42 Å². The maximum Gasteiger partial charge on any atom is 0.327 e. The van der Waals surface area contributed by atoms with Crippen LogP contribution in [0.5, 0.6) is 11.5 Å². The number of esters is 1. The number of ether oxygens (including phenoxy) is 3. The molecule has 0 aliphatic heterocycles. The molecule has 0 amide bonds. The van der Waals surface area contributed by atoms with Gasteiger partial charge < -0.3 is 23.5 Å². The number of sulfonamides is 1. The van der Waals surface area contributed by atoms with Gasteiger partial charge in [-0.1, -0.05) is 93.4 Å². The average molecular weight is 740 g/mol. The summed E-state index contributed by atoms with van der Waals surface area (Å²) < 4.78 is 48.5. The molecule has 11 heteroatoms. The summed E-state index contributed by atoms with van der Waals surface area (Å²) in [6, 6.07) is 29.0. The molecule has 3 aromatic carbocycles. The predicted molar refractivity (Wildman–Crippen MR) is 209 cm³/mol. The fourth-order valence-corrected chi connectivity index (χ4v) is 7.79. The number of nitrogens with zero attached hydrogens (tertiary/aromatic N) is 3. The fourth-order valence-electron chi connectivity index (χ4n) is 6.33. The van der Waals surface area contributed by atoms with Crippen molar-refractivity contribution in [1.82, 2.24) is 9.30 Å². The summed E-state index contributed by atoms with van der Waals surface area (Å²) in [5.41, 5.74) is 3.72. The van der Waals surface area contributed by atoms with Gasteiger partial charge in [-0.05, 0) is 67.4 Å². The van der Waals surface area contributed by atoms with E-state index in [4.69, 9.17) is 14.2 Å². The van der Waals surface area contributed by atoms with E-state index in [0.29, 0.717) is 23.6 Å². The molecule has 0 N–H and O–H groups in total. The Hall–Kier alpha value is -5.13. The summed E-state index contributed by atoms with van der Waals surface area (Å²) in [6.45, 7) is 5.53. The summed E-state index contributed by atoms with van der Waals surface area (Å²) in [4.78, 5) is 30.0. The lowest BCUT2D eigenvalue weighted by atomic mass is 9.99. The zero-order valence-corrected chi connectivity index (χ0v) is 31.8. The van der Waals surface area contributed by atoms with E-state index >= 15 is 0 Å². The zero-order chi connectivity index (χ0) is 37.8. The third kappa shape index (κ3) is 9.46. The lowest BCUT2D eigenvalue weighted by Gasteiger charge is -2.28. The Morgan fingerprint density at radius 3 is 2.08 bits per heavy atom. The largest absolute Gasteiger partial charge is 0.495 e. The number of hydrogen-bond acceptors (Lipinski definition) is 8. The maximum atomic E-state index is 14.5. The van der Waals surface area contributed by atoms with Gasteiger partial charge in [0.1, 0.15) is 24.6 Å². The SMILES string of the molecule is CCCCN(CCCC)CCS(=O)(=O)N(CC(=O)OCc1ccccc1)c1ccc(C(=O)c2c(-c3ccccc3)c(OC)c3ccccn23)cc1OC. The monoisotopic (exact) mass is 739 g/mol. The number of unbranched alkanes of at least 4 members (excludes halogenated alkanes) is 2. The van der Waals surface area contributed by atoms with Crippen molar-refractivity contribution in [2.45, 2.75) is 46.1 Å². The van der Waals surface area contributed by atoms with Crippen molar-refractivity contribution in [1.29, 1.82) is 0 Å². The average Bonchev–Trinajstić information content (AvgIpc) is 3.53. The molecule has 2 heterocycles. The van der Waals surface area contributed by atoms with E-state index < -0.39 is 22.5 Å². The molecule has 0 unspecified atom stereocenters. The van der Waals surface area contributed by atoms with Crippen molar-refractivity contribution in [3.63, 3.8) is 0 Å². The van der Waals surface area contributed by atoms with Crippen LogP contribution in [0.25, 0.3) is 16.6 Å². The van der Waals surface area contributed by atoms with Crippen LogP contribution in [-0.4, -0.2) is 75.6 Å². The van der Waals surface area contributed by atoms with Gasteiger partial charge in [0.05, 0.1) is 36.7 Å². The number of methoxy groups -OCH3 is 2. The molecule has 0 aliphatic rings. The Bertz CT molecular complexity index is 2070. The van der Waals surface area contributed by atoms with Crippen molar-refractivity contribution in [3.8, 4) is 22.6 Å². The van der Waals surface area contributed by atoms with E-state index in [1.807, 2.05) is 85.1 Å². The van der Waals surface area contributed by atoms with E-state index in [0.717, 1.165) is 59.7 Å². The molecule has 0 fully saturated rings. The third-order valence-corrected chi connectivity index (χ3v) is 10.9. The highest BCUT2D eigenvalue weighted by molar-refractivity contribution is 7.92. The molecule has 5 aromatic rings. The van der Waals surface area contributed by atoms with Gasteiger partial charge in [0.25, 0.3) is 0 Å². The second kappa shape index (κ2) is 18.6. The van der Waals surface area contributed by atoms with E-state index in [1.54, 1.807) is 17.6 Å². The number of pyridine rings is 1. The Morgan fingerprint density at radius 1 is 0.774 bits per heavy atom. The van der Waals surface area contributed by atoms with E-state index in [-0.39, 0.29) is 35.1 Å². The first-order valence-corrected chi connectivity index (χ1v) is 19.7. The number of carbonyl (C=O) groups is 2. The molecular weight excluding hydrogens is 691 g/mol. The topological polar surface area (TPSA) is 107 Å². The predicted octanol–water partition coefficient (Wildman–Crippen LogP) is 7.64. The molecule has 2 aromatic heterocycles. The number of benzene rings is 3. The summed E-state index contributed by atoms with van der Waals surface area (Å²) in [5.74, 6) is -0.572. The number of anilines is 1. The smallest absolute Gasteiger partial charge is 0.327 e. The van der Waals surface area contributed by atoms with Crippen molar-refractivity contribution < 1.29 is 32.2 Å². The van der Waals surface area contributed by atoms with Crippen LogP contribution < -0.4 is 13.8 Å². The highest BCUT2D eigenvalue weighted by Crippen LogP contribution is 2.41. The third-order valence-electron chi connectivity index (χ3n) is 9.16. The second-order valence-electron chi connectivity index (χ2n) is 12.8. The highest BCUT2D eigenvalue weighted by Gasteiger charge is 2.31. The van der Waals surface area contributed by atoms with Gasteiger partial charge in [0.15, 0.2) is 5.75 Å². The lowest BCUT2D eigenvalue weighted by Crippen LogP contribution is -2.41. The minimum atomic E-state index is -4.08. The number of aromatic nitrogens is 1. The van der Waals surface area contributed by atoms with Gasteiger partial charge in [-0.15, -0.1) is 0 Å². The van der Waals surface area contributed by atoms with Gasteiger partial charge in [0.2, 0.25) is 15.8 Å². The first-order valence-electron chi connectivity index (χ1n) is 18.1. The number of hydrogen-bond donors (Lipinski definition) is 0. The molecule has 0 radical (unpaired) electrons. The van der Waals surface area contributed by atoms with Crippen LogP contribution in [0.1, 0.15) is 61.1 Å². The molecular formula is C42H49N3O7S. The van der Waals surface area contributed by atoms with E-state index in [2.05, 4.69) is 18.7 Å². The first-order chi connectivity index (χ1) is 25.7. The first kappa shape index (κ1) is 39.1. The Labute approximate surface area is 313 Å². The molecule has 10 nitrogen and oxygen atoms in total. The van der Waals surface area contributed by atoms with Crippen LogP contribution in [0.3, 0.4) is 0 Å². The molecule has 280 valence electrons. The summed E-state index contributed by atoms with van der Waals surface area (Å²) >= 11 is 0. The zero-order valence-electron chi connectivity index (χ0n) is 31.0. The minimum Gasteiger partial charge on any atom is -0.495 e. The molecule has 0 saturated heterocycles. The number of fused-ring (bicyclic) bond motifs is 1. The summed E-state index contributed by atoms with van der Waals surface area (Å²) in [6.07, 6.45) is 5.71. The van der Waals surface area contributed by atoms with Crippen LogP contribution in [0.15, 0.2) is 103 Å². The minimum absolute atomic E-state index is 0.00156.